The van der Waals surface area contributed by atoms with Crippen molar-refractivity contribution in [1.29, 1.82) is 0 Å². The average molecular weight is 627 g/mol. The van der Waals surface area contributed by atoms with Crippen LogP contribution in [0.15, 0.2) is 119 Å². The van der Waals surface area contributed by atoms with Crippen LogP contribution in [0.2, 0.25) is 0 Å². The number of rotatable bonds is 4. The van der Waals surface area contributed by atoms with Gasteiger partial charge in [0.2, 0.25) is 0 Å². The summed E-state index contributed by atoms with van der Waals surface area (Å²) in [6, 6.07) is 24.4. The van der Waals surface area contributed by atoms with Crippen molar-refractivity contribution in [1.82, 2.24) is 0 Å². The molecule has 0 saturated carbocycles. The highest BCUT2D eigenvalue weighted by Gasteiger charge is 2.33. The van der Waals surface area contributed by atoms with Gasteiger partial charge in [0, 0.05) is 26.5 Å². The summed E-state index contributed by atoms with van der Waals surface area (Å²) in [5, 5.41) is 0. The molecule has 0 fully saturated rings. The van der Waals surface area contributed by atoms with E-state index in [1.54, 1.807) is 11.3 Å². The monoisotopic (exact) mass is 626 g/mol. The van der Waals surface area contributed by atoms with Crippen molar-refractivity contribution in [2.24, 2.45) is 16.2 Å². The number of hydrogen-bond donors (Lipinski definition) is 0. The molecule has 2 aliphatic carbocycles. The second-order valence-electron chi connectivity index (χ2n) is 15.5. The molecule has 0 bridgehead atoms. The minimum atomic E-state index is -0.255. The minimum absolute atomic E-state index is 0.0384. The quantitative estimate of drug-likeness (QED) is 0.289. The lowest BCUT2D eigenvalue weighted by atomic mass is 9.75. The molecule has 1 aromatic heterocycles. The van der Waals surface area contributed by atoms with E-state index in [0.717, 1.165) is 33.4 Å². The summed E-state index contributed by atoms with van der Waals surface area (Å²) in [5.74, 6) is 0.168. The molecule has 1 heterocycles. The second-order valence-corrected chi connectivity index (χ2v) is 16.6. The molecule has 2 nitrogen and oxygen atoms in total. The maximum atomic E-state index is 14.0. The fourth-order valence-corrected chi connectivity index (χ4v) is 7.97. The van der Waals surface area contributed by atoms with Crippen molar-refractivity contribution < 1.29 is 9.59 Å². The lowest BCUT2D eigenvalue weighted by Gasteiger charge is -2.30. The summed E-state index contributed by atoms with van der Waals surface area (Å²) >= 11 is 1.79. The number of carbonyl (C=O) groups is 2. The molecule has 236 valence electrons. The van der Waals surface area contributed by atoms with E-state index in [2.05, 4.69) is 98.8 Å². The Morgan fingerprint density at radius 1 is 0.522 bits per heavy atom. The van der Waals surface area contributed by atoms with E-state index in [1.807, 2.05) is 67.6 Å². The molecule has 0 unspecified atom stereocenters. The van der Waals surface area contributed by atoms with Gasteiger partial charge >= 0.3 is 0 Å². The predicted octanol–water partition coefficient (Wildman–Crippen LogP) is 11.6. The van der Waals surface area contributed by atoms with Gasteiger partial charge in [-0.3, -0.25) is 9.59 Å². The van der Waals surface area contributed by atoms with Gasteiger partial charge in [-0.15, -0.1) is 11.3 Å². The molecule has 0 N–H and O–H groups in total. The van der Waals surface area contributed by atoms with Crippen molar-refractivity contribution >= 4 is 45.2 Å². The van der Waals surface area contributed by atoms with Crippen molar-refractivity contribution in [2.45, 2.75) is 69.2 Å². The number of ketones is 2. The predicted molar refractivity (Wildman–Crippen MR) is 197 cm³/mol. The molecule has 0 spiro atoms. The Morgan fingerprint density at radius 2 is 0.935 bits per heavy atom. The van der Waals surface area contributed by atoms with Crippen LogP contribution in [0.25, 0.3) is 22.3 Å². The van der Waals surface area contributed by atoms with Crippen LogP contribution in [0.5, 0.6) is 0 Å². The fourth-order valence-electron chi connectivity index (χ4n) is 6.41. The number of thiophene rings is 1. The Morgan fingerprint density at radius 3 is 1.33 bits per heavy atom. The van der Waals surface area contributed by atoms with Gasteiger partial charge in [0.1, 0.15) is 0 Å². The van der Waals surface area contributed by atoms with Crippen LogP contribution in [-0.2, 0) is 9.59 Å². The first-order valence-electron chi connectivity index (χ1n) is 16.1. The molecule has 3 aromatic rings. The third-order valence-electron chi connectivity index (χ3n) is 8.52. The van der Waals surface area contributed by atoms with Crippen molar-refractivity contribution in [2.75, 3.05) is 0 Å². The van der Waals surface area contributed by atoms with Crippen LogP contribution in [0.1, 0.15) is 90.1 Å². The molecule has 46 heavy (non-hydrogen) atoms. The van der Waals surface area contributed by atoms with Gasteiger partial charge < -0.3 is 0 Å². The van der Waals surface area contributed by atoms with E-state index in [-0.39, 0.29) is 27.8 Å². The number of hydrogen-bond acceptors (Lipinski definition) is 3. The zero-order chi connectivity index (χ0) is 33.6. The second kappa shape index (κ2) is 12.3. The Labute approximate surface area is 279 Å². The Bertz CT molecular complexity index is 1820. The maximum absolute atomic E-state index is 14.0. The Kier molecular flexibility index (Phi) is 8.87. The van der Waals surface area contributed by atoms with Crippen LogP contribution < -0.4 is 0 Å². The van der Waals surface area contributed by atoms with Crippen molar-refractivity contribution in [3.05, 3.63) is 140 Å². The summed E-state index contributed by atoms with van der Waals surface area (Å²) in [5.41, 5.74) is 8.84. The first kappa shape index (κ1) is 33.3. The third-order valence-corrected chi connectivity index (χ3v) is 9.64. The first-order valence-corrected chi connectivity index (χ1v) is 16.9. The van der Waals surface area contributed by atoms with Gasteiger partial charge in [-0.1, -0.05) is 123 Å². The minimum Gasteiger partial charge on any atom is -0.289 e. The zero-order valence-corrected chi connectivity index (χ0v) is 29.8. The van der Waals surface area contributed by atoms with Crippen molar-refractivity contribution in [3.63, 3.8) is 0 Å². The van der Waals surface area contributed by atoms with E-state index >= 15 is 0 Å². The average Bonchev–Trinajstić information content (AvgIpc) is 3.42. The van der Waals surface area contributed by atoms with Crippen LogP contribution in [0.4, 0.5) is 0 Å². The lowest BCUT2D eigenvalue weighted by molar-refractivity contribution is -0.113. The molecule has 0 aliphatic heterocycles. The van der Waals surface area contributed by atoms with E-state index in [9.17, 15) is 9.59 Å². The third kappa shape index (κ3) is 6.71. The molecular weight excluding hydrogens is 581 g/mol. The largest absolute Gasteiger partial charge is 0.289 e. The highest BCUT2D eigenvalue weighted by Crippen LogP contribution is 2.48. The molecule has 0 radical (unpaired) electrons. The fraction of sp³-hybridized carbons (Fsp3) is 0.302. The summed E-state index contributed by atoms with van der Waals surface area (Å²) in [6.45, 7) is 21.7. The molecular formula is C43H46O2S. The van der Waals surface area contributed by atoms with Crippen LogP contribution in [0.3, 0.4) is 0 Å². The number of carbonyl (C=O) groups excluding carboxylic acids is 2. The molecule has 0 saturated heterocycles. The van der Waals surface area contributed by atoms with Gasteiger partial charge in [0.05, 0.1) is 0 Å². The zero-order valence-electron chi connectivity index (χ0n) is 29.0. The molecule has 0 amide bonds. The highest BCUT2D eigenvalue weighted by atomic mass is 32.1. The summed E-state index contributed by atoms with van der Waals surface area (Å²) in [4.78, 5) is 29.6. The summed E-state index contributed by atoms with van der Waals surface area (Å²) in [6.07, 6.45) is 8.36. The Hall–Kier alpha value is -4.08. The van der Waals surface area contributed by atoms with Crippen LogP contribution >= 0.6 is 11.3 Å². The molecule has 2 aromatic carbocycles. The van der Waals surface area contributed by atoms with Gasteiger partial charge in [-0.05, 0) is 98.6 Å². The molecule has 5 rings (SSSR count). The van der Waals surface area contributed by atoms with Gasteiger partial charge in [0.25, 0.3) is 0 Å². The number of Topliss-reactive ketones (excluding diaryl/α,β-unsaturated/α-hetero) is 2. The smallest absolute Gasteiger partial charge is 0.194 e. The molecule has 0 atom stereocenters. The lowest BCUT2D eigenvalue weighted by Crippen LogP contribution is -2.22. The number of benzene rings is 2. The van der Waals surface area contributed by atoms with Gasteiger partial charge in [0.15, 0.2) is 11.6 Å². The van der Waals surface area contributed by atoms with E-state index in [1.165, 1.54) is 20.9 Å². The van der Waals surface area contributed by atoms with E-state index in [0.29, 0.717) is 11.1 Å². The molecule has 2 aliphatic rings. The van der Waals surface area contributed by atoms with E-state index in [4.69, 9.17) is 0 Å². The first-order chi connectivity index (χ1) is 21.5. The topological polar surface area (TPSA) is 34.1 Å². The van der Waals surface area contributed by atoms with Gasteiger partial charge in [-0.2, -0.15) is 0 Å². The maximum Gasteiger partial charge on any atom is 0.194 e. The highest BCUT2D eigenvalue weighted by molar-refractivity contribution is 7.14. The van der Waals surface area contributed by atoms with Gasteiger partial charge in [-0.25, -0.2) is 0 Å². The summed E-state index contributed by atoms with van der Waals surface area (Å²) in [7, 11) is 0. The SMILES string of the molecule is CC1=CC(=C(c2ccc(C(=C3C=C(c4ccccc4)C(=O)C(c4ccccc4)=C3)C(C)(C)C)s2)C(C)(C)C)C=C(C(C)(C)C)C1=O. The Balaban J connectivity index is 1.77. The standard InChI is InChI=1S/C43H46O2S/c1-27-23-30(26-34(39(27)44)41(2,3)4)37(42(5,6)7)35-21-22-36(46-35)38(43(8,9)10)31-24-32(28-17-13-11-14-18-28)40(45)33(25-31)29-19-15-12-16-20-29/h11-26H,1-10H3. The van der Waals surface area contributed by atoms with E-state index < -0.39 is 0 Å². The van der Waals surface area contributed by atoms with Crippen LogP contribution in [0, 0.1) is 16.2 Å². The number of allylic oxidation sites excluding steroid dienone is 12. The van der Waals surface area contributed by atoms with Crippen LogP contribution in [-0.4, -0.2) is 11.6 Å². The normalized spacial score (nSPS) is 17.3. The summed E-state index contributed by atoms with van der Waals surface area (Å²) < 4.78 is 0. The van der Waals surface area contributed by atoms with Crippen molar-refractivity contribution in [3.8, 4) is 0 Å². The molecule has 3 heteroatoms.